The van der Waals surface area contributed by atoms with Crippen molar-refractivity contribution in [2.75, 3.05) is 6.54 Å². The van der Waals surface area contributed by atoms with Crippen molar-refractivity contribution in [3.63, 3.8) is 0 Å². The summed E-state index contributed by atoms with van der Waals surface area (Å²) in [5, 5.41) is 14.2. The van der Waals surface area contributed by atoms with Gasteiger partial charge in [-0.15, -0.1) is 0 Å². The minimum atomic E-state index is -4.23. The van der Waals surface area contributed by atoms with Crippen LogP contribution in [0.1, 0.15) is 57.6 Å². The average Bonchev–Trinajstić information content (AvgIpc) is 3.49. The number of nitrogens with zero attached hydrogens (tertiary/aromatic N) is 1. The molecule has 0 unspecified atom stereocenters. The van der Waals surface area contributed by atoms with Crippen LogP contribution < -0.4 is 10.1 Å². The van der Waals surface area contributed by atoms with Gasteiger partial charge in [-0.05, 0) is 63.3 Å². The SMILES string of the molecule is CC(C)(C)OC(=O)N[C@@H](Cc1ccccc1)[C@H](O)CN(OC1CCCC1)S(=O)(=O)c1cccc(OCc2ccccc2)c1. The molecule has 0 aromatic heterocycles. The molecule has 0 bridgehead atoms. The van der Waals surface area contributed by atoms with E-state index in [1.807, 2.05) is 60.7 Å². The van der Waals surface area contributed by atoms with E-state index in [-0.39, 0.29) is 24.0 Å². The number of aliphatic hydroxyl groups is 1. The van der Waals surface area contributed by atoms with Gasteiger partial charge in [-0.2, -0.15) is 0 Å². The van der Waals surface area contributed by atoms with Gasteiger partial charge in [0.2, 0.25) is 0 Å². The lowest BCUT2D eigenvalue weighted by molar-refractivity contribution is -0.145. The summed E-state index contributed by atoms with van der Waals surface area (Å²) in [6, 6.07) is 24.3. The molecule has 1 amide bonds. The summed E-state index contributed by atoms with van der Waals surface area (Å²) in [6.07, 6.45) is 1.22. The normalized spacial score (nSPS) is 15.7. The predicted octanol–water partition coefficient (Wildman–Crippen LogP) is 5.63. The number of hydroxylamine groups is 1. The molecule has 0 radical (unpaired) electrons. The average molecular weight is 611 g/mol. The number of carbonyl (C=O) groups is 1. The standard InChI is InChI=1S/C33H42N2O7S/c1-33(2,3)41-32(37)34-30(21-25-13-6-4-7-14-25)31(36)23-35(42-27-17-10-11-18-27)43(38,39)29-20-12-19-28(22-29)40-24-26-15-8-5-9-16-26/h4-9,12-16,19-20,22,27,30-31,36H,10-11,17-18,21,23-24H2,1-3H3,(H,34,37)/t30-,31+/m0/s1. The van der Waals surface area contributed by atoms with Crippen molar-refractivity contribution in [3.05, 3.63) is 96.1 Å². The molecular formula is C33H42N2O7S. The van der Waals surface area contributed by atoms with Gasteiger partial charge in [0.25, 0.3) is 10.0 Å². The maximum atomic E-state index is 14.0. The molecule has 3 aromatic rings. The number of amides is 1. The number of hydrogen-bond donors (Lipinski definition) is 2. The van der Waals surface area contributed by atoms with Crippen molar-refractivity contribution in [2.24, 2.45) is 0 Å². The number of rotatable bonds is 13. The fourth-order valence-electron chi connectivity index (χ4n) is 4.83. The number of ether oxygens (including phenoxy) is 2. The van der Waals surface area contributed by atoms with Crippen LogP contribution in [0.4, 0.5) is 4.79 Å². The number of sulfonamides is 1. The first-order chi connectivity index (χ1) is 20.5. The predicted molar refractivity (Wildman–Crippen MR) is 164 cm³/mol. The van der Waals surface area contributed by atoms with Crippen LogP contribution in [-0.4, -0.2) is 54.5 Å². The second kappa shape index (κ2) is 14.8. The van der Waals surface area contributed by atoms with Crippen LogP contribution in [-0.2, 0) is 32.6 Å². The van der Waals surface area contributed by atoms with Gasteiger partial charge >= 0.3 is 6.09 Å². The van der Waals surface area contributed by atoms with Gasteiger partial charge in [-0.3, -0.25) is 4.84 Å². The van der Waals surface area contributed by atoms with E-state index in [0.29, 0.717) is 18.6 Å². The fourth-order valence-corrected chi connectivity index (χ4v) is 6.17. The Morgan fingerprint density at radius 2 is 1.58 bits per heavy atom. The van der Waals surface area contributed by atoms with E-state index >= 15 is 0 Å². The molecule has 0 heterocycles. The Labute approximate surface area is 254 Å². The van der Waals surface area contributed by atoms with Crippen LogP contribution in [0.3, 0.4) is 0 Å². The van der Waals surface area contributed by atoms with Crippen LogP contribution in [0.2, 0.25) is 0 Å². The van der Waals surface area contributed by atoms with E-state index in [0.717, 1.165) is 28.4 Å². The number of hydrogen-bond acceptors (Lipinski definition) is 7. The second-order valence-corrected chi connectivity index (χ2v) is 13.6. The van der Waals surface area contributed by atoms with Crippen LogP contribution >= 0.6 is 0 Å². The van der Waals surface area contributed by atoms with E-state index in [4.69, 9.17) is 14.3 Å². The van der Waals surface area contributed by atoms with Gasteiger partial charge in [-0.1, -0.05) is 84.0 Å². The number of carbonyl (C=O) groups excluding carboxylic acids is 1. The summed E-state index contributed by atoms with van der Waals surface area (Å²) < 4.78 is 40.2. The van der Waals surface area contributed by atoms with Crippen LogP contribution in [0.15, 0.2) is 89.8 Å². The van der Waals surface area contributed by atoms with Gasteiger partial charge < -0.3 is 19.9 Å². The third kappa shape index (κ3) is 10.1. The van der Waals surface area contributed by atoms with Gasteiger partial charge in [-0.25, -0.2) is 13.2 Å². The largest absolute Gasteiger partial charge is 0.489 e. The Hall–Kier alpha value is -3.44. The molecule has 1 aliphatic carbocycles. The zero-order valence-corrected chi connectivity index (χ0v) is 25.8. The van der Waals surface area contributed by atoms with E-state index in [1.165, 1.54) is 12.1 Å². The Balaban J connectivity index is 1.56. The smallest absolute Gasteiger partial charge is 0.407 e. The van der Waals surface area contributed by atoms with E-state index in [9.17, 15) is 18.3 Å². The van der Waals surface area contributed by atoms with Gasteiger partial charge in [0.05, 0.1) is 29.7 Å². The van der Waals surface area contributed by atoms with E-state index in [2.05, 4.69) is 5.32 Å². The number of benzene rings is 3. The topological polar surface area (TPSA) is 114 Å². The molecule has 0 aliphatic heterocycles. The van der Waals surface area contributed by atoms with Gasteiger partial charge in [0.15, 0.2) is 0 Å². The Bertz CT molecular complexity index is 1410. The third-order valence-corrected chi connectivity index (χ3v) is 8.61. The van der Waals surface area contributed by atoms with Crippen molar-refractivity contribution in [2.45, 2.75) is 88.2 Å². The molecule has 10 heteroatoms. The molecule has 1 saturated carbocycles. The Morgan fingerprint density at radius 3 is 2.21 bits per heavy atom. The molecule has 0 spiro atoms. The minimum absolute atomic E-state index is 0.0250. The summed E-state index contributed by atoms with van der Waals surface area (Å²) >= 11 is 0. The summed E-state index contributed by atoms with van der Waals surface area (Å²) in [7, 11) is -4.23. The monoisotopic (exact) mass is 610 g/mol. The second-order valence-electron chi connectivity index (χ2n) is 11.8. The van der Waals surface area contributed by atoms with Crippen molar-refractivity contribution < 1.29 is 32.6 Å². The van der Waals surface area contributed by atoms with Crippen molar-refractivity contribution >= 4 is 16.1 Å². The first kappa shape index (κ1) is 32.5. The molecule has 1 fully saturated rings. The maximum Gasteiger partial charge on any atom is 0.407 e. The molecule has 1 aliphatic rings. The van der Waals surface area contributed by atoms with Gasteiger partial charge in [0, 0.05) is 6.07 Å². The lowest BCUT2D eigenvalue weighted by Gasteiger charge is -2.31. The first-order valence-corrected chi connectivity index (χ1v) is 16.1. The first-order valence-electron chi connectivity index (χ1n) is 14.7. The fraction of sp³-hybridized carbons (Fsp3) is 0.424. The van der Waals surface area contributed by atoms with Crippen molar-refractivity contribution in [1.82, 2.24) is 9.79 Å². The highest BCUT2D eigenvalue weighted by atomic mass is 32.2. The lowest BCUT2D eigenvalue weighted by Crippen LogP contribution is -2.51. The quantitative estimate of drug-likeness (QED) is 0.241. The molecule has 3 aromatic carbocycles. The molecular weight excluding hydrogens is 568 g/mol. The number of alkyl carbamates (subject to hydrolysis) is 1. The molecule has 4 rings (SSSR count). The van der Waals surface area contributed by atoms with Crippen molar-refractivity contribution in [1.29, 1.82) is 0 Å². The van der Waals surface area contributed by atoms with Crippen LogP contribution in [0, 0.1) is 0 Å². The third-order valence-electron chi connectivity index (χ3n) is 6.99. The summed E-state index contributed by atoms with van der Waals surface area (Å²) in [4.78, 5) is 18.8. The number of nitrogens with one attached hydrogen (secondary N) is 1. The Kier molecular flexibility index (Phi) is 11.2. The molecule has 232 valence electrons. The Morgan fingerprint density at radius 1 is 0.953 bits per heavy atom. The van der Waals surface area contributed by atoms with E-state index < -0.39 is 40.4 Å². The lowest BCUT2D eigenvalue weighted by atomic mass is 10.0. The maximum absolute atomic E-state index is 14.0. The highest BCUT2D eigenvalue weighted by Crippen LogP contribution is 2.28. The van der Waals surface area contributed by atoms with E-state index in [1.54, 1.807) is 32.9 Å². The minimum Gasteiger partial charge on any atom is -0.489 e. The zero-order valence-electron chi connectivity index (χ0n) is 25.0. The zero-order chi connectivity index (χ0) is 30.9. The highest BCUT2D eigenvalue weighted by Gasteiger charge is 2.35. The molecule has 2 N–H and O–H groups in total. The van der Waals surface area contributed by atoms with Gasteiger partial charge in [0.1, 0.15) is 18.0 Å². The molecule has 43 heavy (non-hydrogen) atoms. The summed E-state index contributed by atoms with van der Waals surface area (Å²) in [5.74, 6) is 0.389. The molecule has 2 atom stereocenters. The summed E-state index contributed by atoms with van der Waals surface area (Å²) in [6.45, 7) is 5.12. The van der Waals surface area contributed by atoms with Crippen LogP contribution in [0.5, 0.6) is 5.75 Å². The van der Waals surface area contributed by atoms with Crippen molar-refractivity contribution in [3.8, 4) is 5.75 Å². The summed E-state index contributed by atoms with van der Waals surface area (Å²) in [5.41, 5.74) is 1.06. The highest BCUT2D eigenvalue weighted by molar-refractivity contribution is 7.89. The molecule has 0 saturated heterocycles. The molecule has 9 nitrogen and oxygen atoms in total. The van der Waals surface area contributed by atoms with Crippen LogP contribution in [0.25, 0.3) is 0 Å². The number of aliphatic hydroxyl groups excluding tert-OH is 1.